The van der Waals surface area contributed by atoms with E-state index in [9.17, 15) is 9.18 Å². The Morgan fingerprint density at radius 1 is 1.56 bits per heavy atom. The summed E-state index contributed by atoms with van der Waals surface area (Å²) in [5.41, 5.74) is 5.76. The highest BCUT2D eigenvalue weighted by Crippen LogP contribution is 2.21. The minimum absolute atomic E-state index is 0.0558. The minimum atomic E-state index is -0.395. The van der Waals surface area contributed by atoms with Gasteiger partial charge in [0.15, 0.2) is 0 Å². The smallest absolute Gasteiger partial charge is 0.225 e. The molecule has 0 spiro atoms. The molecule has 0 aliphatic heterocycles. The van der Waals surface area contributed by atoms with Crippen molar-refractivity contribution in [1.29, 1.82) is 0 Å². The lowest BCUT2D eigenvalue weighted by atomic mass is 10.1. The third-order valence-electron chi connectivity index (χ3n) is 2.85. The van der Waals surface area contributed by atoms with Crippen molar-refractivity contribution in [2.24, 2.45) is 11.7 Å². The molecule has 0 heterocycles. The molecule has 0 bridgehead atoms. The van der Waals surface area contributed by atoms with Crippen LogP contribution in [0.5, 0.6) is 0 Å². The van der Waals surface area contributed by atoms with E-state index in [1.165, 1.54) is 11.0 Å². The number of benzene rings is 1. The molecular weight excluding hydrogens is 255 g/mol. The number of hydrogen-bond acceptors (Lipinski definition) is 2. The van der Waals surface area contributed by atoms with Crippen LogP contribution in [0.1, 0.15) is 18.9 Å². The first-order valence-corrected chi connectivity index (χ1v) is 6.23. The summed E-state index contributed by atoms with van der Waals surface area (Å²) in [5, 5.41) is 0.334. The van der Waals surface area contributed by atoms with Crippen molar-refractivity contribution in [2.75, 3.05) is 13.6 Å². The zero-order valence-corrected chi connectivity index (χ0v) is 11.4. The first kappa shape index (κ1) is 14.9. The highest BCUT2D eigenvalue weighted by molar-refractivity contribution is 6.31. The summed E-state index contributed by atoms with van der Waals surface area (Å²) in [5.74, 6) is -0.612. The predicted molar refractivity (Wildman–Crippen MR) is 70.7 cm³/mol. The molecule has 0 radical (unpaired) electrons. The SMILES string of the molecule is CC(CCN)C(=O)N(C)Cc1c(F)cccc1Cl. The zero-order chi connectivity index (χ0) is 13.7. The number of halogens is 2. The normalized spacial score (nSPS) is 12.3. The van der Waals surface area contributed by atoms with Gasteiger partial charge in [0.1, 0.15) is 5.82 Å². The molecule has 0 fully saturated rings. The molecule has 1 aromatic carbocycles. The highest BCUT2D eigenvalue weighted by atomic mass is 35.5. The standard InChI is InChI=1S/C13H18ClFN2O/c1-9(6-7-16)13(18)17(2)8-10-11(14)4-3-5-12(10)15/h3-5,9H,6-8,16H2,1-2H3. The molecule has 3 nitrogen and oxygen atoms in total. The van der Waals surface area contributed by atoms with E-state index >= 15 is 0 Å². The van der Waals surface area contributed by atoms with Crippen molar-refractivity contribution in [3.63, 3.8) is 0 Å². The lowest BCUT2D eigenvalue weighted by molar-refractivity contribution is -0.134. The fourth-order valence-corrected chi connectivity index (χ4v) is 1.97. The van der Waals surface area contributed by atoms with Crippen LogP contribution in [0, 0.1) is 11.7 Å². The Morgan fingerprint density at radius 3 is 2.78 bits per heavy atom. The van der Waals surface area contributed by atoms with Crippen molar-refractivity contribution in [1.82, 2.24) is 4.90 Å². The zero-order valence-electron chi connectivity index (χ0n) is 10.6. The molecule has 0 aliphatic rings. The maximum Gasteiger partial charge on any atom is 0.225 e. The van der Waals surface area contributed by atoms with Gasteiger partial charge in [0.05, 0.1) is 0 Å². The van der Waals surface area contributed by atoms with E-state index in [-0.39, 0.29) is 18.4 Å². The van der Waals surface area contributed by atoms with E-state index < -0.39 is 5.82 Å². The Kier molecular flexibility index (Phi) is 5.56. The van der Waals surface area contributed by atoms with Crippen LogP contribution >= 0.6 is 11.6 Å². The summed E-state index contributed by atoms with van der Waals surface area (Å²) in [6.07, 6.45) is 0.619. The van der Waals surface area contributed by atoms with Crippen molar-refractivity contribution >= 4 is 17.5 Å². The summed E-state index contributed by atoms with van der Waals surface area (Å²) in [4.78, 5) is 13.4. The van der Waals surface area contributed by atoms with Gasteiger partial charge in [-0.2, -0.15) is 0 Å². The van der Waals surface area contributed by atoms with Gasteiger partial charge in [0.25, 0.3) is 0 Å². The molecule has 18 heavy (non-hydrogen) atoms. The molecule has 1 rings (SSSR count). The minimum Gasteiger partial charge on any atom is -0.341 e. The molecule has 0 saturated carbocycles. The fraction of sp³-hybridized carbons (Fsp3) is 0.462. The largest absolute Gasteiger partial charge is 0.341 e. The molecule has 5 heteroatoms. The van der Waals surface area contributed by atoms with Crippen LogP contribution < -0.4 is 5.73 Å². The van der Waals surface area contributed by atoms with Gasteiger partial charge < -0.3 is 10.6 Å². The molecule has 1 amide bonds. The van der Waals surface area contributed by atoms with Crippen molar-refractivity contribution in [2.45, 2.75) is 19.9 Å². The summed E-state index contributed by atoms with van der Waals surface area (Å²) < 4.78 is 13.6. The number of carbonyl (C=O) groups excluding carboxylic acids is 1. The Labute approximate surface area is 112 Å². The second kappa shape index (κ2) is 6.71. The predicted octanol–water partition coefficient (Wildman–Crippen LogP) is 2.42. The third kappa shape index (κ3) is 3.68. The molecule has 100 valence electrons. The molecule has 0 aliphatic carbocycles. The second-order valence-electron chi connectivity index (χ2n) is 4.37. The monoisotopic (exact) mass is 272 g/mol. The van der Waals surface area contributed by atoms with Crippen LogP contribution in [0.15, 0.2) is 18.2 Å². The second-order valence-corrected chi connectivity index (χ2v) is 4.78. The summed E-state index contributed by atoms with van der Waals surface area (Å²) >= 11 is 5.92. The van der Waals surface area contributed by atoms with Gasteiger partial charge in [0, 0.05) is 30.1 Å². The maximum absolute atomic E-state index is 13.6. The van der Waals surface area contributed by atoms with Crippen LogP contribution in [-0.4, -0.2) is 24.4 Å². The lowest BCUT2D eigenvalue weighted by Gasteiger charge is -2.22. The number of nitrogens with two attached hydrogens (primary N) is 1. The van der Waals surface area contributed by atoms with E-state index in [1.54, 1.807) is 19.2 Å². The number of amides is 1. The number of carbonyl (C=O) groups is 1. The lowest BCUT2D eigenvalue weighted by Crippen LogP contribution is -2.32. The average Bonchev–Trinajstić information content (AvgIpc) is 2.33. The number of hydrogen-bond donors (Lipinski definition) is 1. The molecular formula is C13H18ClFN2O. The van der Waals surface area contributed by atoms with E-state index in [2.05, 4.69) is 0 Å². The topological polar surface area (TPSA) is 46.3 Å². The maximum atomic E-state index is 13.6. The molecule has 0 saturated heterocycles. The van der Waals surface area contributed by atoms with Gasteiger partial charge in [-0.05, 0) is 25.1 Å². The first-order valence-electron chi connectivity index (χ1n) is 5.85. The third-order valence-corrected chi connectivity index (χ3v) is 3.21. The number of nitrogens with zero attached hydrogens (tertiary/aromatic N) is 1. The van der Waals surface area contributed by atoms with Crippen LogP contribution in [0.3, 0.4) is 0 Å². The van der Waals surface area contributed by atoms with Gasteiger partial charge in [-0.3, -0.25) is 4.79 Å². The number of rotatable bonds is 5. The highest BCUT2D eigenvalue weighted by Gasteiger charge is 2.19. The van der Waals surface area contributed by atoms with Gasteiger partial charge in [-0.15, -0.1) is 0 Å². The Morgan fingerprint density at radius 2 is 2.22 bits per heavy atom. The molecule has 1 unspecified atom stereocenters. The first-order chi connectivity index (χ1) is 8.47. The van der Waals surface area contributed by atoms with Crippen LogP contribution in [0.25, 0.3) is 0 Å². The van der Waals surface area contributed by atoms with Crippen molar-refractivity contribution in [3.8, 4) is 0 Å². The Bertz CT molecular complexity index is 405. The summed E-state index contributed by atoms with van der Waals surface area (Å²) in [6.45, 7) is 2.44. The molecule has 1 atom stereocenters. The van der Waals surface area contributed by atoms with E-state index in [0.29, 0.717) is 23.6 Å². The fourth-order valence-electron chi connectivity index (χ4n) is 1.75. The van der Waals surface area contributed by atoms with E-state index in [4.69, 9.17) is 17.3 Å². The van der Waals surface area contributed by atoms with E-state index in [0.717, 1.165) is 0 Å². The quantitative estimate of drug-likeness (QED) is 0.895. The van der Waals surface area contributed by atoms with Crippen molar-refractivity contribution in [3.05, 3.63) is 34.6 Å². The molecule has 1 aromatic rings. The van der Waals surface area contributed by atoms with Crippen molar-refractivity contribution < 1.29 is 9.18 Å². The van der Waals surface area contributed by atoms with Gasteiger partial charge in [-0.25, -0.2) is 4.39 Å². The average molecular weight is 273 g/mol. The Balaban J connectivity index is 2.75. The molecule has 2 N–H and O–H groups in total. The van der Waals surface area contributed by atoms with Crippen LogP contribution in [0.2, 0.25) is 5.02 Å². The Hall–Kier alpha value is -1.13. The van der Waals surface area contributed by atoms with Crippen LogP contribution in [-0.2, 0) is 11.3 Å². The van der Waals surface area contributed by atoms with Gasteiger partial charge >= 0.3 is 0 Å². The van der Waals surface area contributed by atoms with Gasteiger partial charge in [-0.1, -0.05) is 24.6 Å². The summed E-state index contributed by atoms with van der Waals surface area (Å²) in [7, 11) is 1.64. The summed E-state index contributed by atoms with van der Waals surface area (Å²) in [6, 6.07) is 4.49. The van der Waals surface area contributed by atoms with Crippen LogP contribution in [0.4, 0.5) is 4.39 Å². The molecule has 0 aromatic heterocycles. The van der Waals surface area contributed by atoms with E-state index in [1.807, 2.05) is 6.92 Å². The van der Waals surface area contributed by atoms with Gasteiger partial charge in [0.2, 0.25) is 5.91 Å².